The lowest BCUT2D eigenvalue weighted by Crippen LogP contribution is -2.32. The van der Waals surface area contributed by atoms with Gasteiger partial charge in [0.2, 0.25) is 0 Å². The first-order chi connectivity index (χ1) is 8.78. The first kappa shape index (κ1) is 15.0. The number of nitrogens with zero attached hydrogens (tertiary/aromatic N) is 1. The Morgan fingerprint density at radius 2 is 2.21 bits per heavy atom. The second-order valence-corrected chi connectivity index (χ2v) is 5.25. The van der Waals surface area contributed by atoms with E-state index < -0.39 is 11.7 Å². The van der Waals surface area contributed by atoms with E-state index in [1.165, 1.54) is 0 Å². The van der Waals surface area contributed by atoms with E-state index in [2.05, 4.69) is 10.3 Å². The van der Waals surface area contributed by atoms with E-state index in [9.17, 15) is 4.79 Å². The Labute approximate surface area is 113 Å². The van der Waals surface area contributed by atoms with Crippen molar-refractivity contribution in [2.45, 2.75) is 33.3 Å². The van der Waals surface area contributed by atoms with E-state index in [1.54, 1.807) is 6.20 Å². The zero-order valence-corrected chi connectivity index (χ0v) is 11.9. The van der Waals surface area contributed by atoms with Crippen LogP contribution < -0.4 is 11.1 Å². The van der Waals surface area contributed by atoms with Gasteiger partial charge in [-0.2, -0.15) is 0 Å². The lowest BCUT2D eigenvalue weighted by Gasteiger charge is -2.19. The van der Waals surface area contributed by atoms with Crippen LogP contribution in [-0.4, -0.2) is 23.2 Å². The SMILES string of the molecule is Cc1cc(C=CCNC(=O)OC(C)(C)C)ncc1N. The van der Waals surface area contributed by atoms with Gasteiger partial charge in [0.05, 0.1) is 17.6 Å². The van der Waals surface area contributed by atoms with Gasteiger partial charge in [0.15, 0.2) is 0 Å². The van der Waals surface area contributed by atoms with E-state index in [4.69, 9.17) is 10.5 Å². The van der Waals surface area contributed by atoms with Crippen molar-refractivity contribution >= 4 is 17.9 Å². The highest BCUT2D eigenvalue weighted by Crippen LogP contribution is 2.10. The zero-order chi connectivity index (χ0) is 14.5. The highest BCUT2D eigenvalue weighted by molar-refractivity contribution is 5.68. The molecule has 0 bridgehead atoms. The van der Waals surface area contributed by atoms with Crippen molar-refractivity contribution in [3.05, 3.63) is 29.6 Å². The maximum absolute atomic E-state index is 11.4. The molecule has 0 unspecified atom stereocenters. The number of pyridine rings is 1. The van der Waals surface area contributed by atoms with Gasteiger partial charge in [0.25, 0.3) is 0 Å². The molecule has 0 aliphatic carbocycles. The molecule has 5 heteroatoms. The Hall–Kier alpha value is -2.04. The Bertz CT molecular complexity index is 476. The normalized spacial score (nSPS) is 11.6. The Morgan fingerprint density at radius 3 is 2.79 bits per heavy atom. The third-order valence-corrected chi connectivity index (χ3v) is 2.22. The number of hydrogen-bond acceptors (Lipinski definition) is 4. The minimum Gasteiger partial charge on any atom is -0.444 e. The monoisotopic (exact) mass is 263 g/mol. The van der Waals surface area contributed by atoms with Crippen molar-refractivity contribution in [2.24, 2.45) is 0 Å². The number of carbonyl (C=O) groups excluding carboxylic acids is 1. The fraction of sp³-hybridized carbons (Fsp3) is 0.429. The lowest BCUT2D eigenvalue weighted by atomic mass is 10.2. The summed E-state index contributed by atoms with van der Waals surface area (Å²) in [4.78, 5) is 15.5. The van der Waals surface area contributed by atoms with Crippen molar-refractivity contribution < 1.29 is 9.53 Å². The number of nitrogen functional groups attached to an aromatic ring is 1. The predicted octanol–water partition coefficient (Wildman–Crippen LogP) is 2.51. The summed E-state index contributed by atoms with van der Waals surface area (Å²) < 4.78 is 5.11. The van der Waals surface area contributed by atoms with Gasteiger partial charge in [0.1, 0.15) is 5.60 Å². The van der Waals surface area contributed by atoms with Crippen molar-refractivity contribution in [1.29, 1.82) is 0 Å². The van der Waals surface area contributed by atoms with Crippen LogP contribution in [0.1, 0.15) is 32.0 Å². The number of rotatable bonds is 3. The zero-order valence-electron chi connectivity index (χ0n) is 11.9. The number of hydrogen-bond donors (Lipinski definition) is 2. The van der Waals surface area contributed by atoms with Crippen molar-refractivity contribution in [3.8, 4) is 0 Å². The minimum absolute atomic E-state index is 0.389. The largest absolute Gasteiger partial charge is 0.444 e. The second-order valence-electron chi connectivity index (χ2n) is 5.25. The molecule has 19 heavy (non-hydrogen) atoms. The van der Waals surface area contributed by atoms with E-state index >= 15 is 0 Å². The second kappa shape index (κ2) is 6.22. The maximum Gasteiger partial charge on any atom is 0.407 e. The summed E-state index contributed by atoms with van der Waals surface area (Å²) in [6, 6.07) is 1.89. The standard InChI is InChI=1S/C14H21N3O2/c1-10-8-11(17-9-12(10)15)6-5-7-16-13(18)19-14(2,3)4/h5-6,8-9H,7,15H2,1-4H3,(H,16,18). The van der Waals surface area contributed by atoms with Crippen molar-refractivity contribution in [2.75, 3.05) is 12.3 Å². The average molecular weight is 263 g/mol. The number of nitrogens with two attached hydrogens (primary N) is 1. The third-order valence-electron chi connectivity index (χ3n) is 2.22. The molecule has 1 aromatic rings. The summed E-state index contributed by atoms with van der Waals surface area (Å²) >= 11 is 0. The molecule has 1 amide bonds. The molecule has 0 saturated carbocycles. The first-order valence-corrected chi connectivity index (χ1v) is 6.13. The quantitative estimate of drug-likeness (QED) is 0.878. The van der Waals surface area contributed by atoms with Crippen molar-refractivity contribution in [1.82, 2.24) is 10.3 Å². The molecule has 0 atom stereocenters. The Morgan fingerprint density at radius 1 is 1.53 bits per heavy atom. The molecule has 1 aromatic heterocycles. The van der Waals surface area contributed by atoms with E-state index in [-0.39, 0.29) is 0 Å². The molecule has 0 radical (unpaired) electrons. The number of amides is 1. The molecule has 0 aliphatic heterocycles. The van der Waals surface area contributed by atoms with Crippen LogP contribution in [0.3, 0.4) is 0 Å². The third kappa shape index (κ3) is 5.90. The molecule has 1 heterocycles. The van der Waals surface area contributed by atoms with Crippen molar-refractivity contribution in [3.63, 3.8) is 0 Å². The molecule has 0 spiro atoms. The molecule has 0 aromatic carbocycles. The Balaban J connectivity index is 2.42. The number of aromatic nitrogens is 1. The van der Waals surface area contributed by atoms with Gasteiger partial charge in [-0.15, -0.1) is 0 Å². The summed E-state index contributed by atoms with van der Waals surface area (Å²) in [6.07, 6.45) is 4.82. The van der Waals surface area contributed by atoms with Crippen LogP contribution in [0, 0.1) is 6.92 Å². The fourth-order valence-corrected chi connectivity index (χ4v) is 1.32. The molecule has 5 nitrogen and oxygen atoms in total. The molecule has 1 rings (SSSR count). The lowest BCUT2D eigenvalue weighted by molar-refractivity contribution is 0.0534. The average Bonchev–Trinajstić information content (AvgIpc) is 2.27. The molecular formula is C14H21N3O2. The highest BCUT2D eigenvalue weighted by Gasteiger charge is 2.14. The van der Waals surface area contributed by atoms with Crippen LogP contribution in [0.4, 0.5) is 10.5 Å². The molecule has 0 fully saturated rings. The van der Waals surface area contributed by atoms with E-state index in [0.717, 1.165) is 11.3 Å². The predicted molar refractivity (Wildman–Crippen MR) is 76.7 cm³/mol. The topological polar surface area (TPSA) is 77.2 Å². The summed E-state index contributed by atoms with van der Waals surface area (Å²) in [6.45, 7) is 7.78. The highest BCUT2D eigenvalue weighted by atomic mass is 16.6. The van der Waals surface area contributed by atoms with Crippen LogP contribution >= 0.6 is 0 Å². The van der Waals surface area contributed by atoms with E-state index in [1.807, 2.05) is 45.9 Å². The first-order valence-electron chi connectivity index (χ1n) is 6.13. The van der Waals surface area contributed by atoms with E-state index in [0.29, 0.717) is 12.2 Å². The van der Waals surface area contributed by atoms with Crippen LogP contribution in [0.25, 0.3) is 6.08 Å². The van der Waals surface area contributed by atoms with Crippen LogP contribution in [0.2, 0.25) is 0 Å². The number of aryl methyl sites for hydroxylation is 1. The molecule has 0 aliphatic rings. The minimum atomic E-state index is -0.483. The van der Waals surface area contributed by atoms with Gasteiger partial charge in [-0.3, -0.25) is 4.98 Å². The summed E-state index contributed by atoms with van der Waals surface area (Å²) in [5, 5.41) is 2.64. The number of ether oxygens (including phenoxy) is 1. The van der Waals surface area contributed by atoms with Gasteiger partial charge < -0.3 is 15.8 Å². The Kier molecular flexibility index (Phi) is 4.92. The van der Waals surface area contributed by atoms with Crippen LogP contribution in [0.5, 0.6) is 0 Å². The summed E-state index contributed by atoms with van der Waals surface area (Å²) in [5.41, 5.74) is 7.65. The van der Waals surface area contributed by atoms with Crippen LogP contribution in [0.15, 0.2) is 18.3 Å². The summed E-state index contributed by atoms with van der Waals surface area (Å²) in [7, 11) is 0. The molecule has 104 valence electrons. The van der Waals surface area contributed by atoms with Crippen LogP contribution in [-0.2, 0) is 4.74 Å². The van der Waals surface area contributed by atoms with Gasteiger partial charge in [-0.1, -0.05) is 6.08 Å². The van der Waals surface area contributed by atoms with Gasteiger partial charge in [0, 0.05) is 6.54 Å². The molecular weight excluding hydrogens is 242 g/mol. The van der Waals surface area contributed by atoms with Gasteiger partial charge in [-0.05, 0) is 45.4 Å². The van der Waals surface area contributed by atoms with Gasteiger partial charge in [-0.25, -0.2) is 4.79 Å². The summed E-state index contributed by atoms with van der Waals surface area (Å²) in [5.74, 6) is 0. The van der Waals surface area contributed by atoms with Gasteiger partial charge >= 0.3 is 6.09 Å². The maximum atomic E-state index is 11.4. The number of alkyl carbamates (subject to hydrolysis) is 1. The molecule has 0 saturated heterocycles. The fourth-order valence-electron chi connectivity index (χ4n) is 1.32. The molecule has 3 N–H and O–H groups in total. The number of anilines is 1. The number of carbonyl (C=O) groups is 1. The number of nitrogens with one attached hydrogen (secondary N) is 1. The smallest absolute Gasteiger partial charge is 0.407 e.